The first-order chi connectivity index (χ1) is 9.29. The SMILES string of the molecule is CN(C)C1(C(O)c2ccccc2C(F)(F)F)CCCC1. The topological polar surface area (TPSA) is 23.5 Å². The fraction of sp³-hybridized carbons (Fsp3) is 0.600. The normalized spacial score (nSPS) is 20.4. The van der Waals surface area contributed by atoms with Gasteiger partial charge in [0, 0.05) is 0 Å². The summed E-state index contributed by atoms with van der Waals surface area (Å²) < 4.78 is 39.3. The van der Waals surface area contributed by atoms with Crippen LogP contribution < -0.4 is 0 Å². The van der Waals surface area contributed by atoms with Crippen LogP contribution in [0.15, 0.2) is 24.3 Å². The van der Waals surface area contributed by atoms with Crippen LogP contribution in [0.2, 0.25) is 0 Å². The molecule has 0 spiro atoms. The molecule has 0 aromatic heterocycles. The molecule has 112 valence electrons. The maximum atomic E-state index is 13.1. The van der Waals surface area contributed by atoms with Crippen molar-refractivity contribution in [2.24, 2.45) is 0 Å². The molecule has 1 fully saturated rings. The van der Waals surface area contributed by atoms with E-state index < -0.39 is 23.4 Å². The van der Waals surface area contributed by atoms with E-state index in [1.165, 1.54) is 12.1 Å². The third-order valence-corrected chi connectivity index (χ3v) is 4.43. The summed E-state index contributed by atoms with van der Waals surface area (Å²) in [6, 6.07) is 5.33. The minimum absolute atomic E-state index is 0.0180. The molecule has 0 amide bonds. The average Bonchev–Trinajstić information content (AvgIpc) is 2.87. The maximum absolute atomic E-state index is 13.1. The smallest absolute Gasteiger partial charge is 0.386 e. The van der Waals surface area contributed by atoms with Gasteiger partial charge < -0.3 is 10.0 Å². The van der Waals surface area contributed by atoms with Gasteiger partial charge >= 0.3 is 6.18 Å². The predicted molar refractivity (Wildman–Crippen MR) is 71.3 cm³/mol. The van der Waals surface area contributed by atoms with E-state index in [-0.39, 0.29) is 5.56 Å². The van der Waals surface area contributed by atoms with Gasteiger partial charge in [-0.3, -0.25) is 0 Å². The van der Waals surface area contributed by atoms with Crippen LogP contribution in [0, 0.1) is 0 Å². The van der Waals surface area contributed by atoms with Crippen LogP contribution in [0.25, 0.3) is 0 Å². The zero-order valence-corrected chi connectivity index (χ0v) is 11.7. The number of alkyl halides is 3. The summed E-state index contributed by atoms with van der Waals surface area (Å²) in [6.07, 6.45) is -2.27. The van der Waals surface area contributed by atoms with E-state index >= 15 is 0 Å². The van der Waals surface area contributed by atoms with Crippen LogP contribution in [0.4, 0.5) is 13.2 Å². The highest BCUT2D eigenvalue weighted by Crippen LogP contribution is 2.46. The van der Waals surface area contributed by atoms with Crippen LogP contribution in [0.1, 0.15) is 42.9 Å². The van der Waals surface area contributed by atoms with Crippen LogP contribution in [0.5, 0.6) is 0 Å². The van der Waals surface area contributed by atoms with Gasteiger partial charge in [0.15, 0.2) is 0 Å². The summed E-state index contributed by atoms with van der Waals surface area (Å²) in [5.74, 6) is 0. The third-order valence-electron chi connectivity index (χ3n) is 4.43. The second-order valence-electron chi connectivity index (χ2n) is 5.69. The Kier molecular flexibility index (Phi) is 4.12. The molecule has 5 heteroatoms. The van der Waals surface area contributed by atoms with Crippen molar-refractivity contribution in [1.82, 2.24) is 4.90 Å². The number of likely N-dealkylation sites (N-methyl/N-ethyl adjacent to an activating group) is 1. The molecule has 20 heavy (non-hydrogen) atoms. The highest BCUT2D eigenvalue weighted by molar-refractivity contribution is 5.34. The number of halogens is 3. The number of nitrogens with zero attached hydrogens (tertiary/aromatic N) is 1. The minimum atomic E-state index is -4.44. The zero-order valence-electron chi connectivity index (χ0n) is 11.7. The van der Waals surface area contributed by atoms with Crippen molar-refractivity contribution in [3.05, 3.63) is 35.4 Å². The second-order valence-corrected chi connectivity index (χ2v) is 5.69. The number of rotatable bonds is 3. The number of hydrogen-bond donors (Lipinski definition) is 1. The molecule has 0 radical (unpaired) electrons. The van der Waals surface area contributed by atoms with Crippen molar-refractivity contribution in [1.29, 1.82) is 0 Å². The molecule has 2 rings (SSSR count). The quantitative estimate of drug-likeness (QED) is 0.918. The first-order valence-electron chi connectivity index (χ1n) is 6.80. The van der Waals surface area contributed by atoms with Gasteiger partial charge in [0.1, 0.15) is 0 Å². The number of benzene rings is 1. The monoisotopic (exact) mass is 287 g/mol. The molecule has 1 aliphatic carbocycles. The summed E-state index contributed by atoms with van der Waals surface area (Å²) in [5.41, 5.74) is -1.35. The van der Waals surface area contributed by atoms with Crippen LogP contribution in [-0.2, 0) is 6.18 Å². The Hall–Kier alpha value is -1.07. The van der Waals surface area contributed by atoms with Crippen LogP contribution in [-0.4, -0.2) is 29.6 Å². The lowest BCUT2D eigenvalue weighted by Crippen LogP contribution is -2.47. The average molecular weight is 287 g/mol. The molecule has 0 aliphatic heterocycles. The molecule has 1 aliphatic rings. The standard InChI is InChI=1S/C15H20F3NO/c1-19(2)14(9-5-6-10-14)13(20)11-7-3-4-8-12(11)15(16,17)18/h3-4,7-8,13,20H,5-6,9-10H2,1-2H3. The van der Waals surface area contributed by atoms with Crippen molar-refractivity contribution < 1.29 is 18.3 Å². The van der Waals surface area contributed by atoms with Gasteiger partial charge in [0.05, 0.1) is 17.2 Å². The number of aliphatic hydroxyl groups is 1. The van der Waals surface area contributed by atoms with E-state index in [9.17, 15) is 18.3 Å². The van der Waals surface area contributed by atoms with E-state index in [2.05, 4.69) is 0 Å². The predicted octanol–water partition coefficient (Wildman–Crippen LogP) is 3.61. The molecule has 1 N–H and O–H groups in total. The largest absolute Gasteiger partial charge is 0.416 e. The molecule has 1 atom stereocenters. The molecule has 1 aromatic rings. The van der Waals surface area contributed by atoms with Crippen molar-refractivity contribution in [2.75, 3.05) is 14.1 Å². The van der Waals surface area contributed by atoms with Gasteiger partial charge in [0.2, 0.25) is 0 Å². The first kappa shape index (κ1) is 15.3. The molecular formula is C15H20F3NO. The second kappa shape index (κ2) is 5.37. The lowest BCUT2D eigenvalue weighted by Gasteiger charge is -2.41. The first-order valence-corrected chi connectivity index (χ1v) is 6.80. The van der Waals surface area contributed by atoms with Crippen molar-refractivity contribution in [2.45, 2.75) is 43.5 Å². The molecule has 0 heterocycles. The molecule has 0 bridgehead atoms. The fourth-order valence-corrected chi connectivity index (χ4v) is 3.24. The molecule has 1 saturated carbocycles. The Balaban J connectivity index is 2.45. The Labute approximate surface area is 117 Å². The van der Waals surface area contributed by atoms with Gasteiger partial charge in [0.25, 0.3) is 0 Å². The molecule has 0 saturated heterocycles. The number of aliphatic hydroxyl groups excluding tert-OH is 1. The van der Waals surface area contributed by atoms with Crippen molar-refractivity contribution in [3.8, 4) is 0 Å². The minimum Gasteiger partial charge on any atom is -0.386 e. The molecule has 1 unspecified atom stereocenters. The van der Waals surface area contributed by atoms with Crippen molar-refractivity contribution >= 4 is 0 Å². The summed E-state index contributed by atoms with van der Waals surface area (Å²) >= 11 is 0. The Morgan fingerprint density at radius 3 is 2.20 bits per heavy atom. The lowest BCUT2D eigenvalue weighted by atomic mass is 9.83. The highest BCUT2D eigenvalue weighted by Gasteiger charge is 2.46. The molecule has 2 nitrogen and oxygen atoms in total. The van der Waals surface area contributed by atoms with Gasteiger partial charge in [-0.05, 0) is 38.6 Å². The van der Waals surface area contributed by atoms with Gasteiger partial charge in [-0.2, -0.15) is 13.2 Å². The molecular weight excluding hydrogens is 267 g/mol. The number of hydrogen-bond acceptors (Lipinski definition) is 2. The van der Waals surface area contributed by atoms with E-state index in [0.717, 1.165) is 18.9 Å². The maximum Gasteiger partial charge on any atom is 0.416 e. The Morgan fingerprint density at radius 1 is 1.15 bits per heavy atom. The van der Waals surface area contributed by atoms with Crippen LogP contribution >= 0.6 is 0 Å². The molecule has 1 aromatic carbocycles. The van der Waals surface area contributed by atoms with E-state index in [1.54, 1.807) is 6.07 Å². The van der Waals surface area contributed by atoms with E-state index in [0.29, 0.717) is 12.8 Å². The Morgan fingerprint density at radius 2 is 1.70 bits per heavy atom. The summed E-state index contributed by atoms with van der Waals surface area (Å²) in [6.45, 7) is 0. The summed E-state index contributed by atoms with van der Waals surface area (Å²) in [5, 5.41) is 10.6. The third kappa shape index (κ3) is 2.56. The summed E-state index contributed by atoms with van der Waals surface area (Å²) in [4.78, 5) is 1.87. The van der Waals surface area contributed by atoms with Gasteiger partial charge in [-0.25, -0.2) is 0 Å². The Bertz CT molecular complexity index is 464. The summed E-state index contributed by atoms with van der Waals surface area (Å²) in [7, 11) is 3.65. The van der Waals surface area contributed by atoms with E-state index in [4.69, 9.17) is 0 Å². The lowest BCUT2D eigenvalue weighted by molar-refractivity contribution is -0.140. The van der Waals surface area contributed by atoms with E-state index in [1.807, 2.05) is 19.0 Å². The fourth-order valence-electron chi connectivity index (χ4n) is 3.24. The van der Waals surface area contributed by atoms with Crippen LogP contribution in [0.3, 0.4) is 0 Å². The van der Waals surface area contributed by atoms with Crippen molar-refractivity contribution in [3.63, 3.8) is 0 Å². The highest BCUT2D eigenvalue weighted by atomic mass is 19.4. The van der Waals surface area contributed by atoms with Gasteiger partial charge in [-0.15, -0.1) is 0 Å². The van der Waals surface area contributed by atoms with Gasteiger partial charge in [-0.1, -0.05) is 31.0 Å². The zero-order chi connectivity index (χ0) is 15.0.